The van der Waals surface area contributed by atoms with Crippen LogP contribution in [0.5, 0.6) is 5.75 Å². The Labute approximate surface area is 196 Å². The molecule has 5 heteroatoms. The van der Waals surface area contributed by atoms with Crippen LogP contribution in [-0.4, -0.2) is 49.3 Å². The first kappa shape index (κ1) is 26.7. The van der Waals surface area contributed by atoms with Gasteiger partial charge in [-0.1, -0.05) is 34.6 Å². The van der Waals surface area contributed by atoms with Gasteiger partial charge in [0.2, 0.25) is 0 Å². The number of anilines is 1. The summed E-state index contributed by atoms with van der Waals surface area (Å²) in [7, 11) is 0. The quantitative estimate of drug-likeness (QED) is 0.378. The van der Waals surface area contributed by atoms with Crippen molar-refractivity contribution in [3.63, 3.8) is 0 Å². The maximum atomic E-state index is 13.3. The number of amides is 1. The minimum atomic E-state index is -0.793. The molecule has 1 atom stereocenters. The molecule has 5 nitrogen and oxygen atoms in total. The number of hydrogen-bond donors (Lipinski definition) is 1. The van der Waals surface area contributed by atoms with Crippen molar-refractivity contribution in [3.05, 3.63) is 24.3 Å². The minimum Gasteiger partial charge on any atom is -0.494 e. The van der Waals surface area contributed by atoms with Crippen LogP contribution in [0.15, 0.2) is 24.3 Å². The Bertz CT molecular complexity index is 662. The SMILES string of the molecule is CCOC(CC(C)C)(CC(C)C)C(=O)Nc1ccc(OCCCN2CCCC(C)C2)cc1. The van der Waals surface area contributed by atoms with E-state index in [-0.39, 0.29) is 5.91 Å². The van der Waals surface area contributed by atoms with Crippen LogP contribution in [0, 0.1) is 17.8 Å². The molecular weight excluding hydrogens is 400 g/mol. The van der Waals surface area contributed by atoms with Crippen LogP contribution in [0.1, 0.15) is 73.6 Å². The zero-order valence-corrected chi connectivity index (χ0v) is 21.3. The van der Waals surface area contributed by atoms with Gasteiger partial charge in [-0.25, -0.2) is 0 Å². The number of hydrogen-bond acceptors (Lipinski definition) is 4. The molecule has 1 aliphatic heterocycles. The lowest BCUT2D eigenvalue weighted by atomic mass is 9.83. The maximum absolute atomic E-state index is 13.3. The van der Waals surface area contributed by atoms with E-state index in [1.165, 1.54) is 25.9 Å². The average molecular weight is 447 g/mol. The minimum absolute atomic E-state index is 0.0498. The van der Waals surface area contributed by atoms with Crippen molar-refractivity contribution in [1.29, 1.82) is 0 Å². The van der Waals surface area contributed by atoms with Gasteiger partial charge in [0.25, 0.3) is 5.91 Å². The van der Waals surface area contributed by atoms with E-state index in [0.29, 0.717) is 37.9 Å². The van der Waals surface area contributed by atoms with E-state index in [1.807, 2.05) is 31.2 Å². The van der Waals surface area contributed by atoms with Gasteiger partial charge in [0.1, 0.15) is 11.4 Å². The average Bonchev–Trinajstić information content (AvgIpc) is 2.71. The van der Waals surface area contributed by atoms with Crippen molar-refractivity contribution in [2.24, 2.45) is 17.8 Å². The first-order valence-electron chi connectivity index (χ1n) is 12.6. The first-order chi connectivity index (χ1) is 15.2. The Balaban J connectivity index is 1.88. The molecule has 1 unspecified atom stereocenters. The van der Waals surface area contributed by atoms with Crippen molar-refractivity contribution >= 4 is 11.6 Å². The summed E-state index contributed by atoms with van der Waals surface area (Å²) in [5.74, 6) is 2.35. The molecular formula is C27H46N2O3. The second kappa shape index (κ2) is 13.2. The van der Waals surface area contributed by atoms with E-state index < -0.39 is 5.60 Å². The van der Waals surface area contributed by atoms with Crippen molar-refractivity contribution in [1.82, 2.24) is 4.90 Å². The molecule has 1 amide bonds. The Hall–Kier alpha value is -1.59. The van der Waals surface area contributed by atoms with Crippen molar-refractivity contribution in [3.8, 4) is 5.75 Å². The normalized spacial score (nSPS) is 17.7. The highest BCUT2D eigenvalue weighted by Gasteiger charge is 2.40. The molecule has 1 aromatic rings. The second-order valence-corrected chi connectivity index (χ2v) is 10.4. The molecule has 0 bridgehead atoms. The Morgan fingerprint density at radius 2 is 1.81 bits per heavy atom. The third-order valence-electron chi connectivity index (χ3n) is 6.05. The van der Waals surface area contributed by atoms with Gasteiger partial charge in [0.15, 0.2) is 0 Å². The monoisotopic (exact) mass is 446 g/mol. The van der Waals surface area contributed by atoms with E-state index in [9.17, 15) is 4.79 Å². The van der Waals surface area contributed by atoms with Gasteiger partial charge in [-0.2, -0.15) is 0 Å². The Morgan fingerprint density at radius 1 is 1.16 bits per heavy atom. The van der Waals surface area contributed by atoms with Crippen LogP contribution < -0.4 is 10.1 Å². The fourth-order valence-corrected chi connectivity index (χ4v) is 4.89. The van der Waals surface area contributed by atoms with Crippen LogP contribution in [0.3, 0.4) is 0 Å². The molecule has 0 aromatic heterocycles. The zero-order valence-electron chi connectivity index (χ0n) is 21.3. The highest BCUT2D eigenvalue weighted by molar-refractivity contribution is 5.97. The van der Waals surface area contributed by atoms with Crippen LogP contribution in [0.25, 0.3) is 0 Å². The third-order valence-corrected chi connectivity index (χ3v) is 6.05. The number of piperidine rings is 1. The van der Waals surface area contributed by atoms with E-state index in [0.717, 1.165) is 30.3 Å². The summed E-state index contributed by atoms with van der Waals surface area (Å²) in [4.78, 5) is 15.8. The molecule has 0 spiro atoms. The van der Waals surface area contributed by atoms with Gasteiger partial charge in [-0.15, -0.1) is 0 Å². The molecule has 1 heterocycles. The van der Waals surface area contributed by atoms with Gasteiger partial charge in [-0.3, -0.25) is 4.79 Å². The lowest BCUT2D eigenvalue weighted by Gasteiger charge is -2.35. The highest BCUT2D eigenvalue weighted by atomic mass is 16.5. The maximum Gasteiger partial charge on any atom is 0.256 e. The summed E-state index contributed by atoms with van der Waals surface area (Å²) < 4.78 is 12.0. The first-order valence-corrected chi connectivity index (χ1v) is 12.6. The predicted octanol–water partition coefficient (Wildman–Crippen LogP) is 5.99. The number of rotatable bonds is 13. The highest BCUT2D eigenvalue weighted by Crippen LogP contribution is 2.31. The summed E-state index contributed by atoms with van der Waals surface area (Å²) in [6.07, 6.45) is 5.13. The Kier molecular flexibility index (Phi) is 11.0. The largest absolute Gasteiger partial charge is 0.494 e. The second-order valence-electron chi connectivity index (χ2n) is 10.4. The van der Waals surface area contributed by atoms with Crippen molar-refractivity contribution < 1.29 is 14.3 Å². The standard InChI is InChI=1S/C27H46N2O3/c1-7-32-27(18-21(2)3,19-22(4)5)26(30)28-24-11-13-25(14-12-24)31-17-9-16-29-15-8-10-23(6)20-29/h11-14,21-23H,7-10,15-20H2,1-6H3,(H,28,30). The van der Waals surface area contributed by atoms with E-state index in [1.54, 1.807) is 0 Å². The van der Waals surface area contributed by atoms with Crippen LogP contribution in [0.4, 0.5) is 5.69 Å². The van der Waals surface area contributed by atoms with Crippen LogP contribution in [-0.2, 0) is 9.53 Å². The Morgan fingerprint density at radius 3 is 2.38 bits per heavy atom. The molecule has 182 valence electrons. The molecule has 1 aromatic carbocycles. The summed E-state index contributed by atoms with van der Waals surface area (Å²) in [5.41, 5.74) is -0.0145. The van der Waals surface area contributed by atoms with E-state index in [4.69, 9.17) is 9.47 Å². The number of likely N-dealkylation sites (tertiary alicyclic amines) is 1. The summed E-state index contributed by atoms with van der Waals surface area (Å²) in [5, 5.41) is 3.09. The van der Waals surface area contributed by atoms with Gasteiger partial charge in [0.05, 0.1) is 6.61 Å². The zero-order chi connectivity index (χ0) is 23.6. The molecule has 1 fully saturated rings. The van der Waals surface area contributed by atoms with Gasteiger partial charge in [0, 0.05) is 25.4 Å². The molecule has 1 saturated heterocycles. The lowest BCUT2D eigenvalue weighted by Crippen LogP contribution is -2.47. The molecule has 1 aliphatic rings. The van der Waals surface area contributed by atoms with Crippen molar-refractivity contribution in [2.75, 3.05) is 38.2 Å². The van der Waals surface area contributed by atoms with Crippen molar-refractivity contribution in [2.45, 2.75) is 79.2 Å². The fourth-order valence-electron chi connectivity index (χ4n) is 4.89. The van der Waals surface area contributed by atoms with Gasteiger partial charge in [-0.05, 0) is 87.6 Å². The molecule has 0 saturated carbocycles. The molecule has 32 heavy (non-hydrogen) atoms. The lowest BCUT2D eigenvalue weighted by molar-refractivity contribution is -0.146. The molecule has 1 N–H and O–H groups in total. The van der Waals surface area contributed by atoms with Gasteiger partial charge < -0.3 is 19.7 Å². The van der Waals surface area contributed by atoms with E-state index in [2.05, 4.69) is 44.8 Å². The van der Waals surface area contributed by atoms with Gasteiger partial charge >= 0.3 is 0 Å². The topological polar surface area (TPSA) is 50.8 Å². The molecule has 0 aliphatic carbocycles. The summed E-state index contributed by atoms with van der Waals surface area (Å²) in [6, 6.07) is 7.71. The van der Waals surface area contributed by atoms with E-state index >= 15 is 0 Å². The third kappa shape index (κ3) is 8.74. The van der Waals surface area contributed by atoms with Crippen LogP contribution >= 0.6 is 0 Å². The fraction of sp³-hybridized carbons (Fsp3) is 0.741. The predicted molar refractivity (Wildman–Crippen MR) is 133 cm³/mol. The summed E-state index contributed by atoms with van der Waals surface area (Å²) >= 11 is 0. The number of nitrogens with one attached hydrogen (secondary N) is 1. The van der Waals surface area contributed by atoms with Crippen LogP contribution in [0.2, 0.25) is 0 Å². The smallest absolute Gasteiger partial charge is 0.256 e. The number of benzene rings is 1. The number of nitrogens with zero attached hydrogens (tertiary/aromatic N) is 1. The number of carbonyl (C=O) groups excluding carboxylic acids is 1. The summed E-state index contributed by atoms with van der Waals surface area (Å²) in [6.45, 7) is 17.6. The number of ether oxygens (including phenoxy) is 2. The molecule has 0 radical (unpaired) electrons. The number of carbonyl (C=O) groups is 1. The molecule has 2 rings (SSSR count).